The van der Waals surface area contributed by atoms with Crippen molar-refractivity contribution in [1.29, 1.82) is 0 Å². The molecule has 1 aromatic rings. The van der Waals surface area contributed by atoms with Crippen LogP contribution in [0.3, 0.4) is 0 Å². The molecule has 2 amide bonds. The van der Waals surface area contributed by atoms with Crippen LogP contribution in [0.4, 0.5) is 5.69 Å². The molecule has 0 spiro atoms. The zero-order chi connectivity index (χ0) is 17.3. The number of likely N-dealkylation sites (N-methyl/N-ethyl adjacent to an activating group) is 1. The van der Waals surface area contributed by atoms with Crippen LogP contribution >= 0.6 is 12.2 Å². The molecule has 1 aromatic carbocycles. The standard InChI is InChI=1S/C18H21N3O2S/c1-3-4-8-21-9-7-13-10-12(5-6-15(13)21)11-14-16(22)19-18(24)20(2)17(14)23/h5-6,10-11H,3-4,7-9H2,1-2H3,(H,19,22,24). The quantitative estimate of drug-likeness (QED) is 0.517. The Labute approximate surface area is 147 Å². The van der Waals surface area contributed by atoms with Crippen LogP contribution in [-0.4, -0.2) is 42.0 Å². The van der Waals surface area contributed by atoms with Crippen molar-refractivity contribution in [2.75, 3.05) is 25.0 Å². The number of nitrogens with zero attached hydrogens (tertiary/aromatic N) is 2. The zero-order valence-electron chi connectivity index (χ0n) is 14.0. The van der Waals surface area contributed by atoms with Crippen molar-refractivity contribution >= 4 is 40.9 Å². The molecule has 3 rings (SSSR count). The molecule has 1 fully saturated rings. The molecule has 2 heterocycles. The Hall–Kier alpha value is -2.21. The molecule has 0 bridgehead atoms. The molecule has 2 aliphatic rings. The zero-order valence-corrected chi connectivity index (χ0v) is 14.8. The van der Waals surface area contributed by atoms with Gasteiger partial charge >= 0.3 is 0 Å². The van der Waals surface area contributed by atoms with E-state index in [1.807, 2.05) is 6.07 Å². The molecule has 0 aromatic heterocycles. The topological polar surface area (TPSA) is 52.7 Å². The summed E-state index contributed by atoms with van der Waals surface area (Å²) in [4.78, 5) is 28.0. The summed E-state index contributed by atoms with van der Waals surface area (Å²) < 4.78 is 0. The van der Waals surface area contributed by atoms with Gasteiger partial charge in [0.2, 0.25) is 0 Å². The molecule has 5 nitrogen and oxygen atoms in total. The number of nitrogens with one attached hydrogen (secondary N) is 1. The van der Waals surface area contributed by atoms with Crippen molar-refractivity contribution in [2.45, 2.75) is 26.2 Å². The van der Waals surface area contributed by atoms with Crippen LogP contribution in [0.2, 0.25) is 0 Å². The third-order valence-corrected chi connectivity index (χ3v) is 4.87. The summed E-state index contributed by atoms with van der Waals surface area (Å²) in [6.07, 6.45) is 5.01. The molecule has 1 N–H and O–H groups in total. The van der Waals surface area contributed by atoms with Gasteiger partial charge in [-0.3, -0.25) is 19.8 Å². The molecule has 6 heteroatoms. The van der Waals surface area contributed by atoms with Gasteiger partial charge in [0, 0.05) is 25.8 Å². The number of rotatable bonds is 4. The van der Waals surface area contributed by atoms with Crippen molar-refractivity contribution in [2.24, 2.45) is 0 Å². The maximum atomic E-state index is 12.3. The van der Waals surface area contributed by atoms with E-state index in [4.69, 9.17) is 12.2 Å². The Morgan fingerprint density at radius 1 is 1.33 bits per heavy atom. The Bertz CT molecular complexity index is 742. The highest BCUT2D eigenvalue weighted by Gasteiger charge is 2.30. The van der Waals surface area contributed by atoms with Gasteiger partial charge in [-0.25, -0.2) is 0 Å². The first-order valence-electron chi connectivity index (χ1n) is 8.24. The Morgan fingerprint density at radius 2 is 2.12 bits per heavy atom. The highest BCUT2D eigenvalue weighted by Crippen LogP contribution is 2.30. The minimum Gasteiger partial charge on any atom is -0.371 e. The number of carbonyl (C=O) groups is 2. The average molecular weight is 343 g/mol. The lowest BCUT2D eigenvalue weighted by Gasteiger charge is -2.25. The lowest BCUT2D eigenvalue weighted by atomic mass is 10.0. The van der Waals surface area contributed by atoms with Crippen LogP contribution in [-0.2, 0) is 16.0 Å². The van der Waals surface area contributed by atoms with Gasteiger partial charge in [0.05, 0.1) is 0 Å². The van der Waals surface area contributed by atoms with Gasteiger partial charge in [-0.15, -0.1) is 0 Å². The second-order valence-corrected chi connectivity index (χ2v) is 6.55. The maximum absolute atomic E-state index is 12.3. The van der Waals surface area contributed by atoms with E-state index in [0.717, 1.165) is 25.1 Å². The maximum Gasteiger partial charge on any atom is 0.265 e. The fraction of sp³-hybridized carbons (Fsp3) is 0.389. The Balaban J connectivity index is 1.85. The smallest absolute Gasteiger partial charge is 0.265 e. The van der Waals surface area contributed by atoms with Crippen LogP contribution in [0, 0.1) is 0 Å². The van der Waals surface area contributed by atoms with Gasteiger partial charge in [0.15, 0.2) is 5.11 Å². The number of anilines is 1. The van der Waals surface area contributed by atoms with E-state index >= 15 is 0 Å². The van der Waals surface area contributed by atoms with Gasteiger partial charge in [-0.1, -0.05) is 19.4 Å². The molecule has 126 valence electrons. The first-order chi connectivity index (χ1) is 11.5. The van der Waals surface area contributed by atoms with E-state index in [9.17, 15) is 9.59 Å². The first-order valence-corrected chi connectivity index (χ1v) is 8.65. The largest absolute Gasteiger partial charge is 0.371 e. The number of amides is 2. The summed E-state index contributed by atoms with van der Waals surface area (Å²) in [7, 11) is 1.56. The molecule has 0 saturated carbocycles. The number of benzene rings is 1. The summed E-state index contributed by atoms with van der Waals surface area (Å²) in [6.45, 7) is 4.31. The minimum absolute atomic E-state index is 0.117. The summed E-state index contributed by atoms with van der Waals surface area (Å²) in [5.41, 5.74) is 3.52. The number of carbonyl (C=O) groups excluding carboxylic acids is 2. The van der Waals surface area contributed by atoms with Crippen LogP contribution in [0.1, 0.15) is 30.9 Å². The molecule has 0 radical (unpaired) electrons. The summed E-state index contributed by atoms with van der Waals surface area (Å²) in [6, 6.07) is 6.12. The molecule has 24 heavy (non-hydrogen) atoms. The van der Waals surface area contributed by atoms with Gasteiger partial charge < -0.3 is 4.90 Å². The van der Waals surface area contributed by atoms with Crippen LogP contribution in [0.25, 0.3) is 6.08 Å². The van der Waals surface area contributed by atoms with E-state index < -0.39 is 5.91 Å². The van der Waals surface area contributed by atoms with Gasteiger partial charge in [-0.05, 0) is 54.4 Å². The SMILES string of the molecule is CCCCN1CCc2cc(C=C3C(=O)NC(=S)N(C)C3=O)ccc21. The fourth-order valence-electron chi connectivity index (χ4n) is 3.07. The van der Waals surface area contributed by atoms with Crippen molar-refractivity contribution in [1.82, 2.24) is 10.2 Å². The molecule has 2 aliphatic heterocycles. The first kappa shape index (κ1) is 16.6. The van der Waals surface area contributed by atoms with Crippen molar-refractivity contribution in [3.8, 4) is 0 Å². The van der Waals surface area contributed by atoms with E-state index in [2.05, 4.69) is 29.3 Å². The molecule has 0 unspecified atom stereocenters. The molecular formula is C18H21N3O2S. The molecule has 0 aliphatic carbocycles. The van der Waals surface area contributed by atoms with E-state index in [1.165, 1.54) is 29.0 Å². The average Bonchev–Trinajstić information content (AvgIpc) is 2.97. The second kappa shape index (κ2) is 6.73. The summed E-state index contributed by atoms with van der Waals surface area (Å²) in [5.74, 6) is -0.804. The lowest BCUT2D eigenvalue weighted by Crippen LogP contribution is -2.52. The van der Waals surface area contributed by atoms with Crippen molar-refractivity contribution < 1.29 is 9.59 Å². The second-order valence-electron chi connectivity index (χ2n) is 6.16. The predicted octanol–water partition coefficient (Wildman–Crippen LogP) is 2.11. The monoisotopic (exact) mass is 343 g/mol. The van der Waals surface area contributed by atoms with Crippen molar-refractivity contribution in [3.05, 3.63) is 34.9 Å². The summed E-state index contributed by atoms with van der Waals surface area (Å²) in [5, 5.41) is 2.67. The lowest BCUT2D eigenvalue weighted by molar-refractivity contribution is -0.128. The number of hydrogen-bond acceptors (Lipinski definition) is 4. The van der Waals surface area contributed by atoms with Gasteiger partial charge in [0.25, 0.3) is 11.8 Å². The highest BCUT2D eigenvalue weighted by atomic mass is 32.1. The third kappa shape index (κ3) is 3.06. The Kier molecular flexibility index (Phi) is 4.66. The normalized spacial score (nSPS) is 19.1. The molecule has 0 atom stereocenters. The van der Waals surface area contributed by atoms with Gasteiger partial charge in [-0.2, -0.15) is 0 Å². The van der Waals surface area contributed by atoms with E-state index in [1.54, 1.807) is 13.1 Å². The number of hydrogen-bond donors (Lipinski definition) is 1. The third-order valence-electron chi connectivity index (χ3n) is 4.49. The van der Waals surface area contributed by atoms with E-state index in [0.29, 0.717) is 0 Å². The van der Waals surface area contributed by atoms with E-state index in [-0.39, 0.29) is 16.6 Å². The minimum atomic E-state index is -0.437. The van der Waals surface area contributed by atoms with Crippen molar-refractivity contribution in [3.63, 3.8) is 0 Å². The van der Waals surface area contributed by atoms with Crippen LogP contribution < -0.4 is 10.2 Å². The van der Waals surface area contributed by atoms with Gasteiger partial charge in [0.1, 0.15) is 5.57 Å². The summed E-state index contributed by atoms with van der Waals surface area (Å²) >= 11 is 4.95. The fourth-order valence-corrected chi connectivity index (χ4v) is 3.25. The number of fused-ring (bicyclic) bond motifs is 1. The molecular weight excluding hydrogens is 322 g/mol. The van der Waals surface area contributed by atoms with Crippen LogP contribution in [0.5, 0.6) is 0 Å². The predicted molar refractivity (Wildman–Crippen MR) is 98.8 cm³/mol. The molecule has 1 saturated heterocycles. The number of unbranched alkanes of at least 4 members (excludes halogenated alkanes) is 1. The van der Waals surface area contributed by atoms with Crippen LogP contribution in [0.15, 0.2) is 23.8 Å². The Morgan fingerprint density at radius 3 is 2.88 bits per heavy atom. The number of thiocarbonyl (C=S) groups is 1. The highest BCUT2D eigenvalue weighted by molar-refractivity contribution is 7.80.